The maximum absolute atomic E-state index is 13.2. The van der Waals surface area contributed by atoms with Crippen LogP contribution in [0.3, 0.4) is 0 Å². The topological polar surface area (TPSA) is 175 Å². The molecular weight excluding hydrogens is 1020 g/mol. The molecular formula is C69H122O12. The lowest BCUT2D eigenvalue weighted by Gasteiger charge is -2.40. The van der Waals surface area contributed by atoms with Crippen LogP contribution >= 0.6 is 0 Å². The molecule has 470 valence electrons. The van der Waals surface area contributed by atoms with E-state index in [2.05, 4.69) is 69.4 Å². The maximum Gasteiger partial charge on any atom is 0.335 e. The highest BCUT2D eigenvalue weighted by Gasteiger charge is 2.50. The SMILES string of the molecule is CCCCC/C=C\C/C=C\CCCCCCCCCCCC(=O)OCC(COC1OC(C(=O)O)C(O)C(O)C1OC(=O)CCCCCCCCCCCCCCCCC)OC(=O)CCCCCCCCC/C=C\C/C=C\CCCCC. The van der Waals surface area contributed by atoms with Gasteiger partial charge in [0.15, 0.2) is 24.6 Å². The van der Waals surface area contributed by atoms with E-state index < -0.39 is 67.3 Å². The molecule has 0 spiro atoms. The van der Waals surface area contributed by atoms with Crippen molar-refractivity contribution in [1.82, 2.24) is 0 Å². The van der Waals surface area contributed by atoms with E-state index >= 15 is 0 Å². The van der Waals surface area contributed by atoms with Crippen LogP contribution < -0.4 is 0 Å². The first-order chi connectivity index (χ1) is 39.6. The predicted octanol–water partition coefficient (Wildman–Crippen LogP) is 18.1. The molecule has 0 amide bonds. The van der Waals surface area contributed by atoms with Crippen molar-refractivity contribution >= 4 is 23.9 Å². The molecule has 0 aliphatic carbocycles. The third-order valence-corrected chi connectivity index (χ3v) is 15.4. The average molecular weight is 1140 g/mol. The van der Waals surface area contributed by atoms with Gasteiger partial charge in [-0.15, -0.1) is 0 Å². The Morgan fingerprint density at radius 2 is 0.741 bits per heavy atom. The van der Waals surface area contributed by atoms with E-state index in [1.54, 1.807) is 0 Å². The first-order valence-electron chi connectivity index (χ1n) is 33.6. The highest BCUT2D eigenvalue weighted by molar-refractivity contribution is 5.74. The molecule has 1 aliphatic rings. The van der Waals surface area contributed by atoms with Crippen LogP contribution in [-0.4, -0.2) is 89.2 Å². The second-order valence-electron chi connectivity index (χ2n) is 23.1. The van der Waals surface area contributed by atoms with E-state index in [9.17, 15) is 34.5 Å². The summed E-state index contributed by atoms with van der Waals surface area (Å²) in [7, 11) is 0. The van der Waals surface area contributed by atoms with Crippen molar-refractivity contribution in [2.24, 2.45) is 0 Å². The Labute approximate surface area is 494 Å². The summed E-state index contributed by atoms with van der Waals surface area (Å²) < 4.78 is 28.6. The van der Waals surface area contributed by atoms with Gasteiger partial charge in [0, 0.05) is 19.3 Å². The smallest absolute Gasteiger partial charge is 0.335 e. The first kappa shape index (κ1) is 75.7. The molecule has 0 saturated carbocycles. The van der Waals surface area contributed by atoms with Crippen molar-refractivity contribution in [1.29, 1.82) is 0 Å². The van der Waals surface area contributed by atoms with Gasteiger partial charge in [0.1, 0.15) is 18.8 Å². The summed E-state index contributed by atoms with van der Waals surface area (Å²) >= 11 is 0. The number of ether oxygens (including phenoxy) is 5. The quantitative estimate of drug-likeness (QED) is 0.0228. The molecule has 12 heteroatoms. The lowest BCUT2D eigenvalue weighted by molar-refractivity contribution is -0.301. The molecule has 0 radical (unpaired) electrons. The van der Waals surface area contributed by atoms with E-state index in [1.807, 2.05) is 0 Å². The van der Waals surface area contributed by atoms with Crippen LogP contribution in [0.1, 0.15) is 316 Å². The number of allylic oxidation sites excluding steroid dienone is 8. The van der Waals surface area contributed by atoms with Crippen LogP contribution in [0.25, 0.3) is 0 Å². The molecule has 3 N–H and O–H groups in total. The second-order valence-corrected chi connectivity index (χ2v) is 23.1. The van der Waals surface area contributed by atoms with Crippen molar-refractivity contribution in [2.75, 3.05) is 13.2 Å². The van der Waals surface area contributed by atoms with Crippen LogP contribution in [0.5, 0.6) is 0 Å². The standard InChI is InChI=1S/C69H122O12/c1-4-7-10-13-16-19-22-25-28-30-31-33-35-37-40-43-46-49-52-55-61(70)77-58-60(79-62(71)56-53-50-47-44-41-39-36-32-29-26-23-20-17-14-11-8-5-2)59-78-69-67(65(74)64(73)66(81-69)68(75)76)80-63(72)57-54-51-48-45-42-38-34-27-24-21-18-15-12-9-6-3/h16-17,19-20,25-26,28-29,60,64-67,69,73-74H,4-15,18,21-24,27,30-59H2,1-3H3,(H,75,76)/b19-16-,20-17-,28-25-,29-26-. The zero-order valence-electron chi connectivity index (χ0n) is 52.0. The fourth-order valence-corrected chi connectivity index (χ4v) is 10.2. The normalized spacial score (nSPS) is 18.0. The molecule has 1 heterocycles. The van der Waals surface area contributed by atoms with Gasteiger partial charge in [-0.25, -0.2) is 4.79 Å². The number of hydrogen-bond donors (Lipinski definition) is 3. The van der Waals surface area contributed by atoms with Crippen LogP contribution in [0.15, 0.2) is 48.6 Å². The Morgan fingerprint density at radius 3 is 1.14 bits per heavy atom. The van der Waals surface area contributed by atoms with Gasteiger partial charge in [-0.05, 0) is 83.5 Å². The number of carbonyl (C=O) groups is 4. The van der Waals surface area contributed by atoms with Crippen molar-refractivity contribution in [3.8, 4) is 0 Å². The number of carboxylic acid groups (broad SMARTS) is 1. The van der Waals surface area contributed by atoms with Crippen LogP contribution in [-0.2, 0) is 42.9 Å². The van der Waals surface area contributed by atoms with Crippen LogP contribution in [0.2, 0.25) is 0 Å². The molecule has 6 atom stereocenters. The van der Waals surface area contributed by atoms with Crippen molar-refractivity contribution in [2.45, 2.75) is 353 Å². The second kappa shape index (κ2) is 57.1. The predicted molar refractivity (Wildman–Crippen MR) is 331 cm³/mol. The number of carboxylic acids is 1. The lowest BCUT2D eigenvalue weighted by Crippen LogP contribution is -2.61. The van der Waals surface area contributed by atoms with Crippen LogP contribution in [0, 0.1) is 0 Å². The molecule has 81 heavy (non-hydrogen) atoms. The van der Waals surface area contributed by atoms with E-state index in [-0.39, 0.29) is 25.9 Å². The van der Waals surface area contributed by atoms with Gasteiger partial charge in [0.2, 0.25) is 0 Å². The zero-order chi connectivity index (χ0) is 58.9. The minimum atomic E-state index is -1.90. The number of aliphatic hydroxyl groups is 2. The molecule has 1 rings (SSSR count). The van der Waals surface area contributed by atoms with E-state index in [0.29, 0.717) is 19.3 Å². The monoisotopic (exact) mass is 1140 g/mol. The summed E-state index contributed by atoms with van der Waals surface area (Å²) in [6.45, 7) is 5.98. The summed E-state index contributed by atoms with van der Waals surface area (Å²) in [4.78, 5) is 51.4. The number of aliphatic hydroxyl groups excluding tert-OH is 2. The molecule has 1 saturated heterocycles. The molecule has 0 bridgehead atoms. The summed E-state index contributed by atoms with van der Waals surface area (Å²) in [6.07, 6.45) is 57.7. The van der Waals surface area contributed by atoms with E-state index in [0.717, 1.165) is 96.3 Å². The minimum absolute atomic E-state index is 0.0637. The molecule has 0 aromatic heterocycles. The van der Waals surface area contributed by atoms with E-state index in [1.165, 1.54) is 161 Å². The molecule has 1 fully saturated rings. The average Bonchev–Trinajstić information content (AvgIpc) is 3.53. The molecule has 1 aliphatic heterocycles. The summed E-state index contributed by atoms with van der Waals surface area (Å²) in [5.74, 6) is -3.10. The minimum Gasteiger partial charge on any atom is -0.479 e. The number of rotatable bonds is 58. The molecule has 0 aromatic rings. The Morgan fingerprint density at radius 1 is 0.407 bits per heavy atom. The van der Waals surface area contributed by atoms with Gasteiger partial charge in [0.25, 0.3) is 0 Å². The molecule has 12 nitrogen and oxygen atoms in total. The summed E-state index contributed by atoms with van der Waals surface area (Å²) in [5.41, 5.74) is 0. The number of carbonyl (C=O) groups excluding carboxylic acids is 3. The van der Waals surface area contributed by atoms with Gasteiger partial charge in [-0.3, -0.25) is 14.4 Å². The Kier molecular flexibility index (Phi) is 53.4. The summed E-state index contributed by atoms with van der Waals surface area (Å²) in [6, 6.07) is 0. The Balaban J connectivity index is 2.64. The van der Waals surface area contributed by atoms with Gasteiger partial charge < -0.3 is 39.0 Å². The van der Waals surface area contributed by atoms with Crippen LogP contribution in [0.4, 0.5) is 0 Å². The fourth-order valence-electron chi connectivity index (χ4n) is 10.2. The van der Waals surface area contributed by atoms with Crippen molar-refractivity contribution in [3.05, 3.63) is 48.6 Å². The first-order valence-corrected chi connectivity index (χ1v) is 33.6. The third kappa shape index (κ3) is 46.7. The largest absolute Gasteiger partial charge is 0.479 e. The Bertz CT molecular complexity index is 1590. The Hall–Kier alpha value is -3.32. The van der Waals surface area contributed by atoms with Gasteiger partial charge in [-0.1, -0.05) is 262 Å². The number of hydrogen-bond acceptors (Lipinski definition) is 11. The van der Waals surface area contributed by atoms with Gasteiger partial charge >= 0.3 is 23.9 Å². The number of aliphatic carboxylic acids is 1. The van der Waals surface area contributed by atoms with Crippen molar-refractivity contribution in [3.63, 3.8) is 0 Å². The van der Waals surface area contributed by atoms with Gasteiger partial charge in [0.05, 0.1) is 6.61 Å². The third-order valence-electron chi connectivity index (χ3n) is 15.4. The number of unbranched alkanes of at least 4 members (excludes halogenated alkanes) is 36. The highest BCUT2D eigenvalue weighted by atomic mass is 16.7. The number of esters is 3. The zero-order valence-corrected chi connectivity index (χ0v) is 52.0. The molecule has 6 unspecified atom stereocenters. The van der Waals surface area contributed by atoms with E-state index in [4.69, 9.17) is 23.7 Å². The highest BCUT2D eigenvalue weighted by Crippen LogP contribution is 2.27. The van der Waals surface area contributed by atoms with Gasteiger partial charge in [-0.2, -0.15) is 0 Å². The maximum atomic E-state index is 13.2. The van der Waals surface area contributed by atoms with Crippen molar-refractivity contribution < 1.29 is 58.2 Å². The fraction of sp³-hybridized carbons (Fsp3) is 0.826. The lowest BCUT2D eigenvalue weighted by atomic mass is 9.98. The summed E-state index contributed by atoms with van der Waals surface area (Å²) in [5, 5.41) is 31.6. The molecule has 0 aromatic carbocycles.